The second-order valence-electron chi connectivity index (χ2n) is 3.96. The minimum atomic E-state index is 0.225. The molecule has 1 atom stereocenters. The molecule has 1 unspecified atom stereocenters. The average molecular weight is 223 g/mol. The Hall–Kier alpha value is -1.16. The third-order valence-electron chi connectivity index (χ3n) is 2.69. The zero-order valence-corrected chi connectivity index (χ0v) is 10.8. The van der Waals surface area contributed by atoms with Crippen LogP contribution in [0, 0.1) is 6.92 Å². The predicted octanol–water partition coefficient (Wildman–Crippen LogP) is 2.14. The molecule has 0 aliphatic rings. The van der Waals surface area contributed by atoms with Crippen molar-refractivity contribution in [2.24, 2.45) is 0 Å². The quantitative estimate of drug-likeness (QED) is 0.830. The smallest absolute Gasteiger partial charge is 0.136 e. The molecular formula is C12H21N3O. The van der Waals surface area contributed by atoms with Crippen LogP contribution < -0.4 is 5.32 Å². The van der Waals surface area contributed by atoms with Crippen LogP contribution in [0.15, 0.2) is 0 Å². The summed E-state index contributed by atoms with van der Waals surface area (Å²) in [6.45, 7) is 6.89. The lowest BCUT2D eigenvalue weighted by atomic mass is 10.1. The Morgan fingerprint density at radius 1 is 1.38 bits per heavy atom. The number of nitrogens with zero attached hydrogens (tertiary/aromatic N) is 2. The van der Waals surface area contributed by atoms with Crippen molar-refractivity contribution in [1.29, 1.82) is 0 Å². The van der Waals surface area contributed by atoms with Gasteiger partial charge in [0.25, 0.3) is 0 Å². The number of anilines is 1. The molecule has 4 nitrogen and oxygen atoms in total. The van der Waals surface area contributed by atoms with Gasteiger partial charge in [0.05, 0.1) is 6.61 Å². The predicted molar refractivity (Wildman–Crippen MR) is 66.0 cm³/mol. The van der Waals surface area contributed by atoms with Crippen molar-refractivity contribution in [3.05, 3.63) is 17.1 Å². The summed E-state index contributed by atoms with van der Waals surface area (Å²) >= 11 is 0. The number of hydrogen-bond acceptors (Lipinski definition) is 4. The van der Waals surface area contributed by atoms with Gasteiger partial charge in [-0.25, -0.2) is 9.97 Å². The number of rotatable bonds is 5. The maximum Gasteiger partial charge on any atom is 0.136 e. The van der Waals surface area contributed by atoms with Gasteiger partial charge in [0, 0.05) is 31.3 Å². The van der Waals surface area contributed by atoms with Gasteiger partial charge >= 0.3 is 0 Å². The van der Waals surface area contributed by atoms with E-state index in [1.807, 2.05) is 7.05 Å². The SMILES string of the molecule is CCc1nc(C(C)COC)nc(NC)c1C. The van der Waals surface area contributed by atoms with Crippen LogP contribution in [-0.4, -0.2) is 30.7 Å². The first kappa shape index (κ1) is 12.9. The Bertz CT molecular complexity index is 327. The molecule has 0 fully saturated rings. The molecule has 1 aromatic heterocycles. The van der Waals surface area contributed by atoms with Crippen LogP contribution in [0.2, 0.25) is 0 Å². The average Bonchev–Trinajstić information content (AvgIpc) is 2.29. The molecule has 0 aromatic carbocycles. The van der Waals surface area contributed by atoms with Crippen LogP contribution in [0.3, 0.4) is 0 Å². The Labute approximate surface area is 97.5 Å². The highest BCUT2D eigenvalue weighted by molar-refractivity contribution is 5.45. The number of ether oxygens (including phenoxy) is 1. The minimum Gasteiger partial charge on any atom is -0.384 e. The lowest BCUT2D eigenvalue weighted by molar-refractivity contribution is 0.181. The van der Waals surface area contributed by atoms with E-state index < -0.39 is 0 Å². The lowest BCUT2D eigenvalue weighted by Crippen LogP contribution is -2.12. The third kappa shape index (κ3) is 2.70. The van der Waals surface area contributed by atoms with Crippen molar-refractivity contribution in [2.45, 2.75) is 33.1 Å². The second-order valence-corrected chi connectivity index (χ2v) is 3.96. The van der Waals surface area contributed by atoms with Crippen molar-refractivity contribution in [1.82, 2.24) is 9.97 Å². The second kappa shape index (κ2) is 5.80. The monoisotopic (exact) mass is 223 g/mol. The third-order valence-corrected chi connectivity index (χ3v) is 2.69. The highest BCUT2D eigenvalue weighted by Crippen LogP contribution is 2.19. The van der Waals surface area contributed by atoms with Crippen molar-refractivity contribution in [3.63, 3.8) is 0 Å². The molecule has 1 N–H and O–H groups in total. The summed E-state index contributed by atoms with van der Waals surface area (Å²) in [6.07, 6.45) is 0.926. The summed E-state index contributed by atoms with van der Waals surface area (Å²) in [4.78, 5) is 9.10. The molecule has 0 saturated carbocycles. The van der Waals surface area contributed by atoms with Crippen LogP contribution in [0.1, 0.15) is 36.8 Å². The van der Waals surface area contributed by atoms with E-state index in [0.717, 1.165) is 29.3 Å². The molecule has 0 aliphatic heterocycles. The summed E-state index contributed by atoms with van der Waals surface area (Å²) in [5.74, 6) is 2.00. The summed E-state index contributed by atoms with van der Waals surface area (Å²) < 4.78 is 5.13. The fourth-order valence-electron chi connectivity index (χ4n) is 1.71. The van der Waals surface area contributed by atoms with Gasteiger partial charge in [-0.15, -0.1) is 0 Å². The molecule has 1 aromatic rings. The molecule has 0 spiro atoms. The highest BCUT2D eigenvalue weighted by Gasteiger charge is 2.13. The normalized spacial score (nSPS) is 12.6. The molecule has 0 aliphatic carbocycles. The van der Waals surface area contributed by atoms with Crippen LogP contribution in [0.5, 0.6) is 0 Å². The first-order valence-electron chi connectivity index (χ1n) is 5.68. The maximum absolute atomic E-state index is 5.13. The molecule has 16 heavy (non-hydrogen) atoms. The number of nitrogens with one attached hydrogen (secondary N) is 1. The molecule has 1 rings (SSSR count). The summed E-state index contributed by atoms with van der Waals surface area (Å²) in [5.41, 5.74) is 2.25. The van der Waals surface area contributed by atoms with E-state index in [-0.39, 0.29) is 5.92 Å². The molecule has 0 amide bonds. The first-order chi connectivity index (χ1) is 7.63. The van der Waals surface area contributed by atoms with Crippen LogP contribution in [0.4, 0.5) is 5.82 Å². The molecule has 1 heterocycles. The molecule has 0 saturated heterocycles. The number of aryl methyl sites for hydroxylation is 1. The standard InChI is InChI=1S/C12H21N3O/c1-6-10-9(3)12(13-4)15-11(14-10)8(2)7-16-5/h8H,6-7H2,1-5H3,(H,13,14,15). The largest absolute Gasteiger partial charge is 0.384 e. The number of aromatic nitrogens is 2. The maximum atomic E-state index is 5.13. The molecular weight excluding hydrogens is 202 g/mol. The van der Waals surface area contributed by atoms with E-state index in [9.17, 15) is 0 Å². The van der Waals surface area contributed by atoms with E-state index in [1.54, 1.807) is 7.11 Å². The van der Waals surface area contributed by atoms with Crippen molar-refractivity contribution >= 4 is 5.82 Å². The highest BCUT2D eigenvalue weighted by atomic mass is 16.5. The van der Waals surface area contributed by atoms with E-state index in [0.29, 0.717) is 6.61 Å². The minimum absolute atomic E-state index is 0.225. The van der Waals surface area contributed by atoms with Crippen LogP contribution in [-0.2, 0) is 11.2 Å². The molecule has 0 radical (unpaired) electrons. The Balaban J connectivity index is 3.11. The molecule has 90 valence electrons. The summed E-state index contributed by atoms with van der Waals surface area (Å²) in [6, 6.07) is 0. The van der Waals surface area contributed by atoms with Gasteiger partial charge < -0.3 is 10.1 Å². The summed E-state index contributed by atoms with van der Waals surface area (Å²) in [7, 11) is 3.59. The Morgan fingerprint density at radius 2 is 2.06 bits per heavy atom. The van der Waals surface area contributed by atoms with E-state index in [1.165, 1.54) is 0 Å². The van der Waals surface area contributed by atoms with E-state index >= 15 is 0 Å². The van der Waals surface area contributed by atoms with Gasteiger partial charge in [-0.3, -0.25) is 0 Å². The van der Waals surface area contributed by atoms with E-state index in [4.69, 9.17) is 4.74 Å². The molecule has 0 bridgehead atoms. The first-order valence-corrected chi connectivity index (χ1v) is 5.68. The van der Waals surface area contributed by atoms with Gasteiger partial charge in [-0.2, -0.15) is 0 Å². The van der Waals surface area contributed by atoms with Gasteiger partial charge in [0.15, 0.2) is 0 Å². The Kier molecular flexibility index (Phi) is 4.68. The Morgan fingerprint density at radius 3 is 2.56 bits per heavy atom. The summed E-state index contributed by atoms with van der Waals surface area (Å²) in [5, 5.41) is 3.12. The van der Waals surface area contributed by atoms with Crippen molar-refractivity contribution < 1.29 is 4.74 Å². The van der Waals surface area contributed by atoms with Crippen LogP contribution >= 0.6 is 0 Å². The zero-order chi connectivity index (χ0) is 12.1. The van der Waals surface area contributed by atoms with Gasteiger partial charge in [0.2, 0.25) is 0 Å². The topological polar surface area (TPSA) is 47.0 Å². The van der Waals surface area contributed by atoms with Crippen LogP contribution in [0.25, 0.3) is 0 Å². The van der Waals surface area contributed by atoms with Crippen molar-refractivity contribution in [3.8, 4) is 0 Å². The van der Waals surface area contributed by atoms with Crippen molar-refractivity contribution in [2.75, 3.05) is 26.1 Å². The van der Waals surface area contributed by atoms with Gasteiger partial charge in [0.1, 0.15) is 11.6 Å². The molecule has 4 heteroatoms. The fourth-order valence-corrected chi connectivity index (χ4v) is 1.71. The fraction of sp³-hybridized carbons (Fsp3) is 0.667. The number of hydrogen-bond donors (Lipinski definition) is 1. The number of methoxy groups -OCH3 is 1. The van der Waals surface area contributed by atoms with Gasteiger partial charge in [-0.1, -0.05) is 13.8 Å². The zero-order valence-electron chi connectivity index (χ0n) is 10.8. The van der Waals surface area contributed by atoms with E-state index in [2.05, 4.69) is 36.1 Å². The van der Waals surface area contributed by atoms with Gasteiger partial charge in [-0.05, 0) is 13.3 Å². The lowest BCUT2D eigenvalue weighted by Gasteiger charge is -2.14.